The molecule has 8 nitrogen and oxygen atoms in total. The Morgan fingerprint density at radius 2 is 1.86 bits per heavy atom. The number of hydrogen-bond acceptors (Lipinski definition) is 7. The van der Waals surface area contributed by atoms with E-state index in [4.69, 9.17) is 13.7 Å². The monoisotopic (exact) mass is 510 g/mol. The van der Waals surface area contributed by atoms with Crippen LogP contribution in [-0.4, -0.2) is 28.3 Å². The normalized spacial score (nSPS) is 22.5. The molecule has 3 heterocycles. The van der Waals surface area contributed by atoms with E-state index >= 15 is 0 Å². The van der Waals surface area contributed by atoms with Gasteiger partial charge in [-0.25, -0.2) is 8.78 Å². The molecule has 190 valence electrons. The van der Waals surface area contributed by atoms with Gasteiger partial charge in [0, 0.05) is 23.4 Å². The molecular weight excluding hydrogens is 491 g/mol. The first-order valence-electron chi connectivity index (χ1n) is 11.3. The van der Waals surface area contributed by atoms with E-state index in [0.717, 1.165) is 31.4 Å². The van der Waals surface area contributed by atoms with Crippen LogP contribution in [0.2, 0.25) is 0 Å². The van der Waals surface area contributed by atoms with Crippen molar-refractivity contribution in [2.45, 2.75) is 51.1 Å². The van der Waals surface area contributed by atoms with Gasteiger partial charge in [0.25, 0.3) is 11.9 Å². The smallest absolute Gasteiger partial charge is 0.396 e. The first-order valence-corrected chi connectivity index (χ1v) is 11.3. The molecule has 0 spiro atoms. The predicted octanol–water partition coefficient (Wildman–Crippen LogP) is 5.00. The Morgan fingerprint density at radius 3 is 2.53 bits per heavy atom. The maximum absolute atomic E-state index is 14.6. The van der Waals surface area contributed by atoms with Gasteiger partial charge in [-0.3, -0.25) is 4.79 Å². The third kappa shape index (κ3) is 4.37. The first kappa shape index (κ1) is 22.8. The summed E-state index contributed by atoms with van der Waals surface area (Å²) in [7, 11) is 0. The highest BCUT2D eigenvalue weighted by atomic mass is 19.4. The standard InChI is InChI=1S/C23H19F5N4O4/c24-15-4-13(5-16(25)20(15)35-14-2-10-1-11(10)3-14)29-21(33)19-18(6-23(26,27)28)36-22(30-19)32-7-12-9-34-31-17(12)8-32/h4-5,9-11,14H,1-3,6-8H2,(H,29,33)/t10-,11+,14?. The number of ether oxygens (including phenoxy) is 1. The molecule has 3 aromatic rings. The quantitative estimate of drug-likeness (QED) is 0.467. The zero-order valence-corrected chi connectivity index (χ0v) is 18.6. The summed E-state index contributed by atoms with van der Waals surface area (Å²) in [5.74, 6) is -3.31. The van der Waals surface area contributed by atoms with Gasteiger partial charge in [0.15, 0.2) is 23.1 Å². The number of nitrogens with one attached hydrogen (secondary N) is 1. The molecule has 6 rings (SSSR count). The zero-order valence-electron chi connectivity index (χ0n) is 18.6. The summed E-state index contributed by atoms with van der Waals surface area (Å²) in [4.78, 5) is 18.3. The second-order valence-electron chi connectivity index (χ2n) is 9.39. The van der Waals surface area contributed by atoms with Crippen molar-refractivity contribution >= 4 is 17.6 Å². The van der Waals surface area contributed by atoms with Gasteiger partial charge in [-0.05, 0) is 31.1 Å². The minimum Gasteiger partial charge on any atom is -0.484 e. The van der Waals surface area contributed by atoms with Crippen molar-refractivity contribution in [3.8, 4) is 5.75 Å². The third-order valence-electron chi connectivity index (χ3n) is 6.70. The molecular formula is C23H19F5N4O4. The lowest BCUT2D eigenvalue weighted by Crippen LogP contribution is -2.19. The lowest BCUT2D eigenvalue weighted by molar-refractivity contribution is -0.130. The SMILES string of the molecule is O=C(Nc1cc(F)c(OC2C[C@@H]3C[C@@H]3C2)c(F)c1)c1nc(N2Cc3conc3C2)oc1CC(F)(F)F. The maximum Gasteiger partial charge on any atom is 0.396 e. The topological polar surface area (TPSA) is 93.6 Å². The molecule has 1 unspecified atom stereocenters. The Balaban J connectivity index is 1.21. The summed E-state index contributed by atoms with van der Waals surface area (Å²) in [6, 6.07) is 1.49. The van der Waals surface area contributed by atoms with E-state index in [0.29, 0.717) is 23.1 Å². The number of alkyl halides is 3. The van der Waals surface area contributed by atoms with Crippen LogP contribution in [0.25, 0.3) is 0 Å². The van der Waals surface area contributed by atoms with Gasteiger partial charge in [0.2, 0.25) is 0 Å². The predicted molar refractivity (Wildman–Crippen MR) is 112 cm³/mol. The molecule has 36 heavy (non-hydrogen) atoms. The number of carbonyl (C=O) groups is 1. The maximum atomic E-state index is 14.6. The van der Waals surface area contributed by atoms with E-state index in [9.17, 15) is 26.7 Å². The fraction of sp³-hybridized carbons (Fsp3) is 0.435. The van der Waals surface area contributed by atoms with Crippen LogP contribution in [0.5, 0.6) is 5.75 Å². The fourth-order valence-corrected chi connectivity index (χ4v) is 4.93. The lowest BCUT2D eigenvalue weighted by Gasteiger charge is -2.17. The van der Waals surface area contributed by atoms with Crippen LogP contribution in [-0.2, 0) is 19.5 Å². The van der Waals surface area contributed by atoms with Gasteiger partial charge in [0.1, 0.15) is 24.1 Å². The fourth-order valence-electron chi connectivity index (χ4n) is 4.93. The number of hydrogen-bond donors (Lipinski definition) is 1. The van der Waals surface area contributed by atoms with Crippen molar-refractivity contribution in [2.24, 2.45) is 11.8 Å². The van der Waals surface area contributed by atoms with E-state index in [1.807, 2.05) is 0 Å². The molecule has 2 aromatic heterocycles. The van der Waals surface area contributed by atoms with Crippen LogP contribution in [0.15, 0.2) is 27.3 Å². The van der Waals surface area contributed by atoms with Gasteiger partial charge in [-0.1, -0.05) is 5.16 Å². The highest BCUT2D eigenvalue weighted by Gasteiger charge is 2.47. The molecule has 2 fully saturated rings. The number of oxazole rings is 1. The molecule has 0 bridgehead atoms. The average molecular weight is 510 g/mol. The summed E-state index contributed by atoms with van der Waals surface area (Å²) in [6.45, 7) is 0.380. The number of aromatic nitrogens is 2. The summed E-state index contributed by atoms with van der Waals surface area (Å²) < 4.78 is 84.3. The largest absolute Gasteiger partial charge is 0.484 e. The molecule has 0 saturated heterocycles. The number of carbonyl (C=O) groups excluding carboxylic acids is 1. The van der Waals surface area contributed by atoms with Crippen molar-refractivity contribution in [2.75, 3.05) is 10.2 Å². The Labute approximate surface area is 200 Å². The minimum absolute atomic E-state index is 0.166. The molecule has 2 saturated carbocycles. The second kappa shape index (κ2) is 8.20. The van der Waals surface area contributed by atoms with E-state index in [1.54, 1.807) is 0 Å². The highest BCUT2D eigenvalue weighted by Crippen LogP contribution is 2.52. The van der Waals surface area contributed by atoms with Crippen LogP contribution in [0, 0.1) is 23.5 Å². The van der Waals surface area contributed by atoms with E-state index in [1.165, 1.54) is 11.2 Å². The zero-order chi connectivity index (χ0) is 25.2. The molecule has 3 aliphatic rings. The summed E-state index contributed by atoms with van der Waals surface area (Å²) >= 11 is 0. The van der Waals surface area contributed by atoms with Crippen molar-refractivity contribution in [1.82, 2.24) is 10.1 Å². The number of benzene rings is 1. The summed E-state index contributed by atoms with van der Waals surface area (Å²) in [6.07, 6.45) is -2.51. The third-order valence-corrected chi connectivity index (χ3v) is 6.70. The Hall–Kier alpha value is -3.64. The summed E-state index contributed by atoms with van der Waals surface area (Å²) in [5, 5.41) is 5.99. The molecule has 1 N–H and O–H groups in total. The molecule has 2 aliphatic carbocycles. The average Bonchev–Trinajstić information content (AvgIpc) is 3.22. The first-order chi connectivity index (χ1) is 17.1. The van der Waals surface area contributed by atoms with Gasteiger partial charge in [0.05, 0.1) is 19.2 Å². The van der Waals surface area contributed by atoms with Gasteiger partial charge in [-0.2, -0.15) is 18.2 Å². The number of halogens is 5. The highest BCUT2D eigenvalue weighted by molar-refractivity contribution is 6.03. The van der Waals surface area contributed by atoms with Gasteiger partial charge >= 0.3 is 6.18 Å². The molecule has 1 aliphatic heterocycles. The van der Waals surface area contributed by atoms with Crippen LogP contribution in [0.3, 0.4) is 0 Å². The molecule has 3 atom stereocenters. The number of nitrogens with zero attached hydrogens (tertiary/aromatic N) is 3. The molecule has 1 aromatic carbocycles. The van der Waals surface area contributed by atoms with Gasteiger partial charge in [-0.15, -0.1) is 0 Å². The molecule has 0 radical (unpaired) electrons. The number of amides is 1. The lowest BCUT2D eigenvalue weighted by atomic mass is 10.2. The Kier molecular flexibility index (Phi) is 5.20. The van der Waals surface area contributed by atoms with E-state index in [-0.39, 0.29) is 30.9 Å². The van der Waals surface area contributed by atoms with Crippen LogP contribution in [0.1, 0.15) is 46.8 Å². The van der Waals surface area contributed by atoms with Crippen LogP contribution < -0.4 is 15.0 Å². The van der Waals surface area contributed by atoms with Crippen molar-refractivity contribution in [1.29, 1.82) is 0 Å². The molecule has 1 amide bonds. The summed E-state index contributed by atoms with van der Waals surface area (Å²) in [5.41, 5.74) is 0.336. The van der Waals surface area contributed by atoms with E-state index < -0.39 is 47.3 Å². The van der Waals surface area contributed by atoms with Crippen LogP contribution >= 0.6 is 0 Å². The van der Waals surface area contributed by atoms with Gasteiger partial charge < -0.3 is 23.9 Å². The van der Waals surface area contributed by atoms with Crippen molar-refractivity contribution < 1.29 is 40.4 Å². The second-order valence-corrected chi connectivity index (χ2v) is 9.39. The van der Waals surface area contributed by atoms with Crippen molar-refractivity contribution in [3.05, 3.63) is 52.7 Å². The number of anilines is 2. The van der Waals surface area contributed by atoms with E-state index in [2.05, 4.69) is 15.5 Å². The number of rotatable bonds is 6. The Morgan fingerprint density at radius 1 is 1.14 bits per heavy atom. The van der Waals surface area contributed by atoms with Crippen LogP contribution in [0.4, 0.5) is 33.7 Å². The molecule has 13 heteroatoms. The number of fused-ring (bicyclic) bond motifs is 2. The minimum atomic E-state index is -4.69. The Bertz CT molecular complexity index is 1280. The van der Waals surface area contributed by atoms with Crippen molar-refractivity contribution in [3.63, 3.8) is 0 Å².